The van der Waals surface area contributed by atoms with Crippen molar-refractivity contribution in [1.29, 1.82) is 0 Å². The van der Waals surface area contributed by atoms with Crippen molar-refractivity contribution < 1.29 is 4.74 Å². The number of ether oxygens (including phenoxy) is 1. The second-order valence-corrected chi connectivity index (χ2v) is 33.1. The van der Waals surface area contributed by atoms with Crippen LogP contribution in [0.15, 0.2) is 115 Å². The number of anilines is 6. The molecule has 3 aliphatic rings. The topological polar surface area (TPSA) is 15.7 Å². The zero-order valence-corrected chi connectivity index (χ0v) is 41.6. The Labute approximate surface area is 364 Å². The van der Waals surface area contributed by atoms with Crippen LogP contribution in [0.1, 0.15) is 132 Å². The van der Waals surface area contributed by atoms with Crippen molar-refractivity contribution >= 4 is 66.8 Å². The van der Waals surface area contributed by atoms with E-state index in [1.807, 2.05) is 0 Å². The number of rotatable bonds is 3. The Morgan fingerprint density at radius 2 is 0.667 bits per heavy atom. The van der Waals surface area contributed by atoms with Crippen LogP contribution in [0.2, 0.25) is 0 Å². The molecule has 0 aromatic heterocycles. The molecule has 0 amide bonds. The van der Waals surface area contributed by atoms with E-state index in [0.29, 0.717) is 0 Å². The molecule has 3 aliphatic heterocycles. The molecular formula is C56H64N2OSn. The van der Waals surface area contributed by atoms with Crippen molar-refractivity contribution in [3.05, 3.63) is 143 Å². The van der Waals surface area contributed by atoms with Gasteiger partial charge in [0.15, 0.2) is 0 Å². The molecule has 0 atom stereocenters. The van der Waals surface area contributed by atoms with Crippen LogP contribution < -0.4 is 28.9 Å². The average Bonchev–Trinajstić information content (AvgIpc) is 3.16. The summed E-state index contributed by atoms with van der Waals surface area (Å²) in [5, 5.41) is 0. The zero-order valence-electron chi connectivity index (χ0n) is 38.8. The molecular weight excluding hydrogens is 835 g/mol. The normalized spacial score (nSPS) is 15.4. The van der Waals surface area contributed by atoms with Crippen LogP contribution in [0.4, 0.5) is 34.1 Å². The third-order valence-electron chi connectivity index (χ3n) is 13.4. The van der Waals surface area contributed by atoms with Crippen LogP contribution >= 0.6 is 0 Å². The van der Waals surface area contributed by atoms with Gasteiger partial charge in [-0.05, 0) is 0 Å². The predicted octanol–water partition coefficient (Wildman–Crippen LogP) is 13.2. The van der Waals surface area contributed by atoms with Crippen LogP contribution in [0.25, 0.3) is 0 Å². The van der Waals surface area contributed by atoms with E-state index in [4.69, 9.17) is 4.74 Å². The fraction of sp³-hybridized carbons (Fsp3) is 0.357. The molecule has 0 spiro atoms. The molecule has 9 rings (SSSR count). The van der Waals surface area contributed by atoms with Gasteiger partial charge >= 0.3 is 367 Å². The van der Waals surface area contributed by atoms with E-state index in [1.54, 1.807) is 0 Å². The molecule has 4 heteroatoms. The summed E-state index contributed by atoms with van der Waals surface area (Å²) in [4.78, 5) is 5.24. The molecule has 0 saturated carbocycles. The van der Waals surface area contributed by atoms with Crippen LogP contribution in [0.3, 0.4) is 0 Å². The summed E-state index contributed by atoms with van der Waals surface area (Å²) in [6.45, 7) is 35.0. The minimum atomic E-state index is -4.36. The van der Waals surface area contributed by atoms with Crippen molar-refractivity contribution in [1.82, 2.24) is 0 Å². The second kappa shape index (κ2) is 13.3. The summed E-state index contributed by atoms with van der Waals surface area (Å²) in [5.41, 5.74) is 13.8. The van der Waals surface area contributed by atoms with Crippen molar-refractivity contribution in [2.45, 2.75) is 131 Å². The van der Waals surface area contributed by atoms with Gasteiger partial charge in [0, 0.05) is 0 Å². The summed E-state index contributed by atoms with van der Waals surface area (Å²) in [6.07, 6.45) is 0. The van der Waals surface area contributed by atoms with Gasteiger partial charge in [0.2, 0.25) is 0 Å². The Kier molecular flexibility index (Phi) is 9.04. The van der Waals surface area contributed by atoms with Gasteiger partial charge < -0.3 is 0 Å². The van der Waals surface area contributed by atoms with Gasteiger partial charge in [-0.1, -0.05) is 0 Å². The molecule has 0 unspecified atom stereocenters. The Morgan fingerprint density at radius 3 is 1.00 bits per heavy atom. The van der Waals surface area contributed by atoms with Gasteiger partial charge in [-0.25, -0.2) is 0 Å². The standard InChI is InChI=1S/C50H59N2O.C6H5.Sn/c1-46(2,3)33-16-20-38(21-17-33)51-40-24-35(48(7,8)9)25-41(30-40)52(39-22-18-34(19-23-39)47(4,5)6)43-27-37(50(13,14)15)29-45(32-43)53-44-28-36(49(10,11)12)26-42(51)31-44;1-2-4-6-5-3-1;/h16-29H,1-15H3;1-5H;. The van der Waals surface area contributed by atoms with Gasteiger partial charge in [0.1, 0.15) is 0 Å². The molecule has 0 N–H and O–H groups in total. The fourth-order valence-electron chi connectivity index (χ4n) is 9.77. The number of hydrogen-bond donors (Lipinski definition) is 0. The van der Waals surface area contributed by atoms with E-state index in [0.717, 1.165) is 11.5 Å². The molecule has 6 aromatic carbocycles. The molecule has 60 heavy (non-hydrogen) atoms. The summed E-state index contributed by atoms with van der Waals surface area (Å²) in [7, 11) is 0. The predicted molar refractivity (Wildman–Crippen MR) is 260 cm³/mol. The van der Waals surface area contributed by atoms with Crippen LogP contribution in [-0.4, -0.2) is 18.4 Å². The van der Waals surface area contributed by atoms with Gasteiger partial charge in [0.05, 0.1) is 0 Å². The zero-order chi connectivity index (χ0) is 43.1. The van der Waals surface area contributed by atoms with Crippen LogP contribution in [0.5, 0.6) is 11.5 Å². The average molecular weight is 900 g/mol. The summed E-state index contributed by atoms with van der Waals surface area (Å²) in [6, 6.07) is 45.5. The van der Waals surface area contributed by atoms with E-state index in [1.165, 1.54) is 76.3 Å². The molecule has 6 aromatic rings. The Morgan fingerprint density at radius 1 is 0.350 bits per heavy atom. The maximum atomic E-state index is 7.54. The molecule has 0 aliphatic carbocycles. The van der Waals surface area contributed by atoms with Gasteiger partial charge in [-0.3, -0.25) is 0 Å². The van der Waals surface area contributed by atoms with Gasteiger partial charge in [0.25, 0.3) is 0 Å². The van der Waals surface area contributed by atoms with Crippen molar-refractivity contribution in [3.63, 3.8) is 0 Å². The number of nitrogens with zero attached hydrogens (tertiary/aromatic N) is 2. The van der Waals surface area contributed by atoms with Crippen molar-refractivity contribution in [2.75, 3.05) is 9.80 Å². The maximum absolute atomic E-state index is 7.54. The first-order valence-electron chi connectivity index (χ1n) is 22.0. The monoisotopic (exact) mass is 900 g/mol. The fourth-order valence-corrected chi connectivity index (χ4v) is 25.7. The van der Waals surface area contributed by atoms with Gasteiger partial charge in [-0.2, -0.15) is 0 Å². The Balaban J connectivity index is 1.52. The van der Waals surface area contributed by atoms with E-state index in [2.05, 4.69) is 229 Å². The molecule has 0 radical (unpaired) electrons. The minimum absolute atomic E-state index is 0.0406. The first-order chi connectivity index (χ1) is 27.9. The first-order valence-corrected chi connectivity index (χ1v) is 27.7. The quantitative estimate of drug-likeness (QED) is 0.164. The number of hydrogen-bond acceptors (Lipinski definition) is 3. The Hall–Kier alpha value is -4.48. The molecule has 0 fully saturated rings. The summed E-state index contributed by atoms with van der Waals surface area (Å²) >= 11 is -4.36. The Bertz CT molecular complexity index is 2520. The van der Waals surface area contributed by atoms with Crippen LogP contribution in [0, 0.1) is 0 Å². The molecule has 3 heterocycles. The van der Waals surface area contributed by atoms with Crippen molar-refractivity contribution in [2.24, 2.45) is 0 Å². The third-order valence-corrected chi connectivity index (χ3v) is 27.5. The van der Waals surface area contributed by atoms with E-state index in [9.17, 15) is 0 Å². The first kappa shape index (κ1) is 40.9. The number of benzene rings is 6. The summed E-state index contributed by atoms with van der Waals surface area (Å²) < 4.78 is 13.3. The van der Waals surface area contributed by atoms with Gasteiger partial charge in [-0.15, -0.1) is 0 Å². The van der Waals surface area contributed by atoms with E-state index >= 15 is 0 Å². The molecule has 3 nitrogen and oxygen atoms in total. The summed E-state index contributed by atoms with van der Waals surface area (Å²) in [5.74, 6) is 2.05. The van der Waals surface area contributed by atoms with E-state index in [-0.39, 0.29) is 27.1 Å². The molecule has 308 valence electrons. The molecule has 0 saturated heterocycles. The van der Waals surface area contributed by atoms with Crippen molar-refractivity contribution in [3.8, 4) is 11.5 Å². The second-order valence-electron chi connectivity index (χ2n) is 22.9. The molecule has 0 bridgehead atoms. The third kappa shape index (κ3) is 6.26. The van der Waals surface area contributed by atoms with Crippen LogP contribution in [-0.2, 0) is 27.1 Å². The van der Waals surface area contributed by atoms with E-state index < -0.39 is 18.4 Å². The SMILES string of the molecule is CC(C)(C)c1ccc(N2c3cc(C(C)(C)C)cc4[c]3[Sn]3([c]5ccccc5)[c]5c(cc(C(C)(C)C)cc5N(c5ccc(C(C)(C)C)cc5)c5cc(C(C)(C)C)cc2[c]53)O4)cc1.